The van der Waals surface area contributed by atoms with E-state index in [-0.39, 0.29) is 10.8 Å². The van der Waals surface area contributed by atoms with E-state index in [1.54, 1.807) is 11.1 Å². The molecule has 0 amide bonds. The minimum Gasteiger partial charge on any atom is -0.380 e. The second-order valence-electron chi connectivity index (χ2n) is 9.25. The van der Waals surface area contributed by atoms with Crippen LogP contribution >= 0.6 is 0 Å². The molecule has 1 fully saturated rings. The first-order chi connectivity index (χ1) is 10.2. The van der Waals surface area contributed by atoms with Crippen LogP contribution in [-0.2, 0) is 0 Å². The Balaban J connectivity index is 1.98. The lowest BCUT2D eigenvalue weighted by Gasteiger charge is -2.56. The second kappa shape index (κ2) is 3.99. The summed E-state index contributed by atoms with van der Waals surface area (Å²) in [5, 5.41) is 3.97. The Morgan fingerprint density at radius 2 is 1.82 bits per heavy atom. The summed E-state index contributed by atoms with van der Waals surface area (Å²) in [6.45, 7) is 14.5. The average molecular weight is 295 g/mol. The van der Waals surface area contributed by atoms with Gasteiger partial charge in [0, 0.05) is 22.6 Å². The molecule has 1 heteroatoms. The van der Waals surface area contributed by atoms with Crippen LogP contribution in [0, 0.1) is 23.2 Å². The summed E-state index contributed by atoms with van der Waals surface area (Å²) in [5.74, 6) is 0.662. The van der Waals surface area contributed by atoms with Crippen molar-refractivity contribution in [2.75, 3.05) is 5.32 Å². The highest BCUT2D eigenvalue weighted by Gasteiger charge is 2.61. The zero-order valence-electron chi connectivity index (χ0n) is 14.9. The maximum atomic E-state index is 3.97. The standard InChI is InChI=1S/C21H29N/c1-13-8-7-9-14-15-10-11-19(2,3)16-12-20(4,5)18(21(15,16)6)22-17(13)14/h7-9,12,15,18,22H,10-11H2,1-6H3/t15-,18-,21-/m1/s1. The van der Waals surface area contributed by atoms with Crippen LogP contribution in [0.15, 0.2) is 29.8 Å². The van der Waals surface area contributed by atoms with E-state index in [4.69, 9.17) is 0 Å². The molecule has 0 radical (unpaired) electrons. The normalized spacial score (nSPS) is 36.9. The molecule has 0 bridgehead atoms. The van der Waals surface area contributed by atoms with Gasteiger partial charge >= 0.3 is 0 Å². The first-order valence-electron chi connectivity index (χ1n) is 8.78. The van der Waals surface area contributed by atoms with Gasteiger partial charge in [-0.3, -0.25) is 0 Å². The molecule has 1 aliphatic heterocycles. The zero-order chi connectivity index (χ0) is 15.9. The lowest BCUT2D eigenvalue weighted by atomic mass is 9.52. The third-order valence-electron chi connectivity index (χ3n) is 6.92. The number of nitrogens with one attached hydrogen (secondary N) is 1. The average Bonchev–Trinajstić information content (AvgIpc) is 2.63. The van der Waals surface area contributed by atoms with Gasteiger partial charge in [-0.05, 0) is 42.2 Å². The SMILES string of the molecule is Cc1cccc2c1N[C@@H]1C(C)(C)C=C3C(C)(C)CC[C@H]2[C@]31C. The predicted octanol–water partition coefficient (Wildman–Crippen LogP) is 5.67. The van der Waals surface area contributed by atoms with Crippen LogP contribution in [0.1, 0.15) is 64.5 Å². The van der Waals surface area contributed by atoms with Crippen LogP contribution in [0.4, 0.5) is 5.69 Å². The Bertz CT molecular complexity index is 679. The highest BCUT2D eigenvalue weighted by molar-refractivity contribution is 5.65. The fraction of sp³-hybridized carbons (Fsp3) is 0.619. The number of para-hydroxylation sites is 1. The van der Waals surface area contributed by atoms with Crippen molar-refractivity contribution in [2.45, 2.75) is 66.3 Å². The van der Waals surface area contributed by atoms with Gasteiger partial charge in [-0.25, -0.2) is 0 Å². The van der Waals surface area contributed by atoms with Gasteiger partial charge in [-0.2, -0.15) is 0 Å². The van der Waals surface area contributed by atoms with E-state index in [2.05, 4.69) is 71.1 Å². The van der Waals surface area contributed by atoms with Gasteiger partial charge in [0.05, 0.1) is 0 Å². The summed E-state index contributed by atoms with van der Waals surface area (Å²) in [7, 11) is 0. The third kappa shape index (κ3) is 1.55. The van der Waals surface area contributed by atoms with Crippen LogP contribution < -0.4 is 5.32 Å². The molecular formula is C21H29N. The molecule has 2 aliphatic carbocycles. The Labute approximate surface area is 135 Å². The van der Waals surface area contributed by atoms with E-state index in [0.29, 0.717) is 17.4 Å². The second-order valence-corrected chi connectivity index (χ2v) is 9.25. The van der Waals surface area contributed by atoms with Crippen LogP contribution in [0.3, 0.4) is 0 Å². The highest BCUT2D eigenvalue weighted by atomic mass is 15.0. The van der Waals surface area contributed by atoms with E-state index in [9.17, 15) is 0 Å². The van der Waals surface area contributed by atoms with E-state index in [1.165, 1.54) is 24.1 Å². The fourth-order valence-corrected chi connectivity index (χ4v) is 5.93. The van der Waals surface area contributed by atoms with Gasteiger partial charge in [0.25, 0.3) is 0 Å². The molecule has 0 unspecified atom stereocenters. The van der Waals surface area contributed by atoms with Gasteiger partial charge in [-0.1, -0.05) is 64.5 Å². The van der Waals surface area contributed by atoms with Crippen molar-refractivity contribution in [3.8, 4) is 0 Å². The number of anilines is 1. The minimum absolute atomic E-state index is 0.212. The van der Waals surface area contributed by atoms with Gasteiger partial charge in [0.15, 0.2) is 0 Å². The van der Waals surface area contributed by atoms with E-state index < -0.39 is 0 Å². The Morgan fingerprint density at radius 3 is 2.55 bits per heavy atom. The molecule has 118 valence electrons. The van der Waals surface area contributed by atoms with Crippen molar-refractivity contribution in [3.05, 3.63) is 41.0 Å². The minimum atomic E-state index is 0.212. The third-order valence-corrected chi connectivity index (χ3v) is 6.92. The molecule has 3 aliphatic rings. The number of fused-ring (bicyclic) bond motifs is 2. The smallest absolute Gasteiger partial charge is 0.0443 e. The Hall–Kier alpha value is -1.24. The predicted molar refractivity (Wildman–Crippen MR) is 94.3 cm³/mol. The first-order valence-corrected chi connectivity index (χ1v) is 8.78. The molecule has 1 aromatic rings. The van der Waals surface area contributed by atoms with Crippen LogP contribution in [0.2, 0.25) is 0 Å². The summed E-state index contributed by atoms with van der Waals surface area (Å²) in [4.78, 5) is 0. The van der Waals surface area contributed by atoms with Crippen LogP contribution in [-0.4, -0.2) is 6.04 Å². The fourth-order valence-electron chi connectivity index (χ4n) is 5.93. The molecule has 3 atom stereocenters. The Morgan fingerprint density at radius 1 is 1.09 bits per heavy atom. The lowest BCUT2D eigenvalue weighted by Crippen LogP contribution is -2.53. The van der Waals surface area contributed by atoms with Crippen molar-refractivity contribution >= 4 is 5.69 Å². The molecule has 0 aromatic heterocycles. The summed E-state index contributed by atoms with van der Waals surface area (Å²) < 4.78 is 0. The van der Waals surface area contributed by atoms with Gasteiger partial charge in [0.1, 0.15) is 0 Å². The largest absolute Gasteiger partial charge is 0.380 e. The van der Waals surface area contributed by atoms with Crippen molar-refractivity contribution < 1.29 is 0 Å². The first kappa shape index (κ1) is 14.4. The molecule has 1 aromatic carbocycles. The van der Waals surface area contributed by atoms with Crippen molar-refractivity contribution in [1.29, 1.82) is 0 Å². The van der Waals surface area contributed by atoms with Gasteiger partial charge in [0.2, 0.25) is 0 Å². The molecule has 1 saturated carbocycles. The molecule has 1 nitrogen and oxygen atoms in total. The van der Waals surface area contributed by atoms with Crippen molar-refractivity contribution in [2.24, 2.45) is 16.2 Å². The maximum Gasteiger partial charge on any atom is 0.0443 e. The number of hydrogen-bond acceptors (Lipinski definition) is 1. The molecule has 0 saturated heterocycles. The monoisotopic (exact) mass is 295 g/mol. The number of aryl methyl sites for hydroxylation is 1. The van der Waals surface area contributed by atoms with Crippen molar-refractivity contribution in [3.63, 3.8) is 0 Å². The molecular weight excluding hydrogens is 266 g/mol. The maximum absolute atomic E-state index is 3.97. The summed E-state index contributed by atoms with van der Waals surface area (Å²) in [6, 6.07) is 7.36. The van der Waals surface area contributed by atoms with Crippen LogP contribution in [0.5, 0.6) is 0 Å². The lowest BCUT2D eigenvalue weighted by molar-refractivity contribution is 0.126. The highest BCUT2D eigenvalue weighted by Crippen LogP contribution is 2.68. The quantitative estimate of drug-likeness (QED) is 0.608. The summed E-state index contributed by atoms with van der Waals surface area (Å²) in [5.41, 5.74) is 6.87. The number of hydrogen-bond donors (Lipinski definition) is 1. The molecule has 0 spiro atoms. The van der Waals surface area contributed by atoms with E-state index in [0.717, 1.165) is 0 Å². The molecule has 4 rings (SSSR count). The number of benzene rings is 1. The zero-order valence-corrected chi connectivity index (χ0v) is 14.9. The molecule has 1 N–H and O–H groups in total. The number of rotatable bonds is 0. The summed E-state index contributed by atoms with van der Waals surface area (Å²) in [6.07, 6.45) is 5.22. The summed E-state index contributed by atoms with van der Waals surface area (Å²) >= 11 is 0. The van der Waals surface area contributed by atoms with Gasteiger partial charge < -0.3 is 5.32 Å². The van der Waals surface area contributed by atoms with E-state index >= 15 is 0 Å². The topological polar surface area (TPSA) is 12.0 Å². The van der Waals surface area contributed by atoms with E-state index in [1.807, 2.05) is 0 Å². The van der Waals surface area contributed by atoms with Crippen molar-refractivity contribution in [1.82, 2.24) is 0 Å². The van der Waals surface area contributed by atoms with Gasteiger partial charge in [-0.15, -0.1) is 0 Å². The molecule has 1 heterocycles. The Kier molecular flexibility index (Phi) is 2.60. The molecule has 22 heavy (non-hydrogen) atoms. The van der Waals surface area contributed by atoms with Crippen LogP contribution in [0.25, 0.3) is 0 Å².